The van der Waals surface area contributed by atoms with Crippen molar-refractivity contribution < 1.29 is 14.6 Å². The van der Waals surface area contributed by atoms with Gasteiger partial charge in [0, 0.05) is 39.2 Å². The fourth-order valence-corrected chi connectivity index (χ4v) is 1.21. The van der Waals surface area contributed by atoms with E-state index in [9.17, 15) is 4.79 Å². The Morgan fingerprint density at radius 2 is 1.65 bits per heavy atom. The van der Waals surface area contributed by atoms with E-state index in [4.69, 9.17) is 9.84 Å². The van der Waals surface area contributed by atoms with Gasteiger partial charge in [0.05, 0.1) is 6.73 Å². The molecule has 0 aliphatic rings. The molecule has 0 unspecified atom stereocenters. The van der Waals surface area contributed by atoms with E-state index in [1.54, 1.807) is 0 Å². The smallest absolute Gasteiger partial charge is 0.303 e. The third kappa shape index (κ3) is 15.3. The van der Waals surface area contributed by atoms with Crippen LogP contribution in [-0.2, 0) is 9.53 Å². The van der Waals surface area contributed by atoms with E-state index in [1.165, 1.54) is 0 Å². The number of carbonyl (C=O) groups is 1. The molecule has 0 radical (unpaired) electrons. The lowest BCUT2D eigenvalue weighted by Gasteiger charge is -2.07. The molecular formula is C11H25N3O3. The molecule has 0 aromatic carbocycles. The summed E-state index contributed by atoms with van der Waals surface area (Å²) in [7, 11) is 0. The van der Waals surface area contributed by atoms with Crippen LogP contribution in [0.25, 0.3) is 0 Å². The minimum absolute atomic E-state index is 0.238. The van der Waals surface area contributed by atoms with Gasteiger partial charge in [-0.2, -0.15) is 0 Å². The van der Waals surface area contributed by atoms with Crippen molar-refractivity contribution in [3.63, 3.8) is 0 Å². The first-order valence-electron chi connectivity index (χ1n) is 6.19. The molecular weight excluding hydrogens is 222 g/mol. The second kappa shape index (κ2) is 13.4. The number of hydrogen-bond acceptors (Lipinski definition) is 5. The van der Waals surface area contributed by atoms with Gasteiger partial charge in [-0.25, -0.2) is 0 Å². The van der Waals surface area contributed by atoms with Crippen LogP contribution in [0, 0.1) is 0 Å². The summed E-state index contributed by atoms with van der Waals surface area (Å²) >= 11 is 0. The summed E-state index contributed by atoms with van der Waals surface area (Å²) < 4.78 is 5.13. The Morgan fingerprint density at radius 1 is 1.06 bits per heavy atom. The van der Waals surface area contributed by atoms with Gasteiger partial charge < -0.3 is 20.5 Å². The Kier molecular flexibility index (Phi) is 12.8. The Morgan fingerprint density at radius 3 is 2.24 bits per heavy atom. The zero-order chi connectivity index (χ0) is 12.8. The van der Waals surface area contributed by atoms with E-state index in [0.29, 0.717) is 13.2 Å². The zero-order valence-corrected chi connectivity index (χ0v) is 10.6. The summed E-state index contributed by atoms with van der Waals surface area (Å²) in [5.74, 6) is -0.731. The van der Waals surface area contributed by atoms with Crippen molar-refractivity contribution in [1.29, 1.82) is 0 Å². The van der Waals surface area contributed by atoms with Crippen molar-refractivity contribution in [3.05, 3.63) is 0 Å². The molecule has 0 atom stereocenters. The largest absolute Gasteiger partial charge is 0.481 e. The number of carboxylic acid groups (broad SMARTS) is 1. The summed E-state index contributed by atoms with van der Waals surface area (Å²) in [4.78, 5) is 10.2. The molecule has 0 aliphatic heterocycles. The van der Waals surface area contributed by atoms with Gasteiger partial charge in [0.1, 0.15) is 0 Å². The van der Waals surface area contributed by atoms with Gasteiger partial charge in [-0.15, -0.1) is 0 Å². The molecule has 0 amide bonds. The van der Waals surface area contributed by atoms with Crippen LogP contribution in [0.1, 0.15) is 19.8 Å². The lowest BCUT2D eigenvalue weighted by atomic mass is 10.3. The standard InChI is InChI=1S/C11H25N3O3/c1-2-17-10-14-9-8-13-7-6-12-5-3-4-11(15)16/h12-14H,2-10H2,1H3,(H,15,16). The molecule has 0 saturated heterocycles. The van der Waals surface area contributed by atoms with E-state index in [-0.39, 0.29) is 6.42 Å². The van der Waals surface area contributed by atoms with Gasteiger partial charge >= 0.3 is 5.97 Å². The maximum atomic E-state index is 10.2. The molecule has 0 bridgehead atoms. The Labute approximate surface area is 103 Å². The normalized spacial score (nSPS) is 10.6. The molecule has 0 fully saturated rings. The van der Waals surface area contributed by atoms with Crippen LogP contribution in [0.5, 0.6) is 0 Å². The molecule has 6 nitrogen and oxygen atoms in total. The van der Waals surface area contributed by atoms with Crippen molar-refractivity contribution in [1.82, 2.24) is 16.0 Å². The predicted octanol–water partition coefficient (Wildman–Crippen LogP) is -0.386. The van der Waals surface area contributed by atoms with E-state index >= 15 is 0 Å². The van der Waals surface area contributed by atoms with Crippen LogP contribution >= 0.6 is 0 Å². The quantitative estimate of drug-likeness (QED) is 0.262. The molecule has 17 heavy (non-hydrogen) atoms. The molecule has 102 valence electrons. The zero-order valence-electron chi connectivity index (χ0n) is 10.6. The second-order valence-corrected chi connectivity index (χ2v) is 3.63. The fourth-order valence-electron chi connectivity index (χ4n) is 1.21. The van der Waals surface area contributed by atoms with Crippen molar-refractivity contribution >= 4 is 5.97 Å². The first-order valence-corrected chi connectivity index (χ1v) is 6.19. The molecule has 0 heterocycles. The lowest BCUT2D eigenvalue weighted by Crippen LogP contribution is -2.33. The van der Waals surface area contributed by atoms with Crippen molar-refractivity contribution in [2.75, 3.05) is 46.1 Å². The van der Waals surface area contributed by atoms with Crippen LogP contribution < -0.4 is 16.0 Å². The minimum atomic E-state index is -0.731. The number of hydrogen-bond donors (Lipinski definition) is 4. The average Bonchev–Trinajstić information content (AvgIpc) is 2.30. The molecule has 0 aliphatic carbocycles. The Hall–Kier alpha value is -0.690. The van der Waals surface area contributed by atoms with Crippen LogP contribution in [0.2, 0.25) is 0 Å². The van der Waals surface area contributed by atoms with Crippen LogP contribution in [0.4, 0.5) is 0 Å². The highest BCUT2D eigenvalue weighted by Gasteiger charge is 1.95. The minimum Gasteiger partial charge on any atom is -0.481 e. The second-order valence-electron chi connectivity index (χ2n) is 3.63. The van der Waals surface area contributed by atoms with Crippen LogP contribution in [0.3, 0.4) is 0 Å². The number of nitrogens with one attached hydrogen (secondary N) is 3. The van der Waals surface area contributed by atoms with E-state index in [1.807, 2.05) is 6.92 Å². The number of aliphatic carboxylic acids is 1. The third-order valence-corrected chi connectivity index (χ3v) is 2.11. The Balaban J connectivity index is 2.91. The SMILES string of the molecule is CCOCNCCNCCNCCCC(=O)O. The monoisotopic (exact) mass is 247 g/mol. The highest BCUT2D eigenvalue weighted by molar-refractivity contribution is 5.66. The van der Waals surface area contributed by atoms with Crippen molar-refractivity contribution in [2.24, 2.45) is 0 Å². The highest BCUT2D eigenvalue weighted by Crippen LogP contribution is 1.84. The first-order chi connectivity index (χ1) is 8.27. The van der Waals surface area contributed by atoms with Gasteiger partial charge in [-0.05, 0) is 19.9 Å². The summed E-state index contributed by atoms with van der Waals surface area (Å²) in [6.45, 7) is 7.62. The van der Waals surface area contributed by atoms with Gasteiger partial charge in [-0.3, -0.25) is 10.1 Å². The highest BCUT2D eigenvalue weighted by atomic mass is 16.5. The van der Waals surface area contributed by atoms with E-state index < -0.39 is 5.97 Å². The summed E-state index contributed by atoms with van der Waals surface area (Å²) in [6, 6.07) is 0. The predicted molar refractivity (Wildman–Crippen MR) is 67.1 cm³/mol. The van der Waals surface area contributed by atoms with Gasteiger partial charge in [-0.1, -0.05) is 0 Å². The summed E-state index contributed by atoms with van der Waals surface area (Å²) in [5, 5.41) is 18.0. The van der Waals surface area contributed by atoms with E-state index in [0.717, 1.165) is 39.3 Å². The number of carboxylic acids is 1. The molecule has 0 rings (SSSR count). The third-order valence-electron chi connectivity index (χ3n) is 2.11. The first kappa shape index (κ1) is 16.3. The maximum Gasteiger partial charge on any atom is 0.303 e. The van der Waals surface area contributed by atoms with Crippen LogP contribution in [0.15, 0.2) is 0 Å². The summed E-state index contributed by atoms with van der Waals surface area (Å²) in [6.07, 6.45) is 0.924. The van der Waals surface area contributed by atoms with Crippen molar-refractivity contribution in [2.45, 2.75) is 19.8 Å². The molecule has 0 aromatic rings. The van der Waals surface area contributed by atoms with Gasteiger partial charge in [0.2, 0.25) is 0 Å². The van der Waals surface area contributed by atoms with Crippen molar-refractivity contribution in [3.8, 4) is 0 Å². The van der Waals surface area contributed by atoms with Gasteiger partial charge in [0.25, 0.3) is 0 Å². The number of rotatable bonds is 13. The van der Waals surface area contributed by atoms with E-state index in [2.05, 4.69) is 16.0 Å². The average molecular weight is 247 g/mol. The molecule has 4 N–H and O–H groups in total. The molecule has 0 spiro atoms. The summed E-state index contributed by atoms with van der Waals surface area (Å²) in [5.41, 5.74) is 0. The fraction of sp³-hybridized carbons (Fsp3) is 0.909. The molecule has 0 aromatic heterocycles. The van der Waals surface area contributed by atoms with Gasteiger partial charge in [0.15, 0.2) is 0 Å². The van der Waals surface area contributed by atoms with Crippen LogP contribution in [-0.4, -0.2) is 57.1 Å². The number of ether oxygens (including phenoxy) is 1. The lowest BCUT2D eigenvalue weighted by molar-refractivity contribution is -0.137. The molecule has 0 saturated carbocycles. The topological polar surface area (TPSA) is 82.6 Å². The Bertz CT molecular complexity index is 179. The molecule has 6 heteroatoms. The maximum absolute atomic E-state index is 10.2.